The second kappa shape index (κ2) is 4.15. The van der Waals surface area contributed by atoms with Crippen molar-refractivity contribution >= 4 is 11.4 Å². The van der Waals surface area contributed by atoms with Gasteiger partial charge < -0.3 is 0 Å². The van der Waals surface area contributed by atoms with Gasteiger partial charge in [-0.05, 0) is 12.1 Å². The molecule has 1 rings (SSSR count). The Labute approximate surface area is 86.4 Å². The maximum absolute atomic E-state index is 12.1. The van der Waals surface area contributed by atoms with Crippen molar-refractivity contribution in [2.45, 2.75) is 12.4 Å². The molecule has 0 aliphatic rings. The number of halogens is 6. The van der Waals surface area contributed by atoms with Gasteiger partial charge in [-0.1, -0.05) is 18.2 Å². The van der Waals surface area contributed by atoms with E-state index in [1.807, 2.05) is 0 Å². The van der Waals surface area contributed by atoms with Gasteiger partial charge in [-0.2, -0.15) is 26.3 Å². The summed E-state index contributed by atoms with van der Waals surface area (Å²) >= 11 is 0. The second-order valence-corrected chi connectivity index (χ2v) is 2.79. The van der Waals surface area contributed by atoms with Gasteiger partial charge in [0, 0.05) is 0 Å². The lowest BCUT2D eigenvalue weighted by Gasteiger charge is -2.13. The van der Waals surface area contributed by atoms with Crippen LogP contribution in [-0.4, -0.2) is 18.1 Å². The lowest BCUT2D eigenvalue weighted by Crippen LogP contribution is -2.36. The Kier molecular flexibility index (Phi) is 3.25. The highest BCUT2D eigenvalue weighted by Gasteiger charge is 2.53. The summed E-state index contributed by atoms with van der Waals surface area (Å²) in [6, 6.07) is 6.15. The van der Waals surface area contributed by atoms with E-state index >= 15 is 0 Å². The van der Waals surface area contributed by atoms with Crippen molar-refractivity contribution in [3.8, 4) is 0 Å². The zero-order chi connectivity index (χ0) is 12.4. The van der Waals surface area contributed by atoms with E-state index in [2.05, 4.69) is 4.99 Å². The first-order chi connectivity index (χ1) is 7.21. The van der Waals surface area contributed by atoms with Crippen molar-refractivity contribution < 1.29 is 26.3 Å². The molecule has 88 valence electrons. The Bertz CT molecular complexity index is 359. The van der Waals surface area contributed by atoms with E-state index in [0.29, 0.717) is 0 Å². The summed E-state index contributed by atoms with van der Waals surface area (Å²) in [5.41, 5.74) is -3.15. The van der Waals surface area contributed by atoms with E-state index in [0.717, 1.165) is 12.1 Å². The van der Waals surface area contributed by atoms with Crippen LogP contribution in [0.3, 0.4) is 0 Å². The van der Waals surface area contributed by atoms with Gasteiger partial charge in [0.1, 0.15) is 0 Å². The molecule has 0 aromatic heterocycles. The van der Waals surface area contributed by atoms with Crippen molar-refractivity contribution in [1.82, 2.24) is 0 Å². The van der Waals surface area contributed by atoms with Crippen molar-refractivity contribution in [2.24, 2.45) is 4.99 Å². The molecule has 7 heteroatoms. The smallest absolute Gasteiger partial charge is 0.240 e. The molecule has 1 nitrogen and oxygen atoms in total. The van der Waals surface area contributed by atoms with Crippen LogP contribution in [0.2, 0.25) is 0 Å². The van der Waals surface area contributed by atoms with Crippen molar-refractivity contribution in [2.75, 3.05) is 0 Å². The highest BCUT2D eigenvalue weighted by atomic mass is 19.4. The van der Waals surface area contributed by atoms with Gasteiger partial charge in [-0.25, -0.2) is 4.99 Å². The van der Waals surface area contributed by atoms with E-state index < -0.39 is 23.8 Å². The number of hydrogen-bond donors (Lipinski definition) is 0. The standard InChI is InChI=1S/C9H5F6N/c10-8(11,12)7(9(13,14)15)16-6-4-2-1-3-5-6/h1-5H. The molecule has 1 aromatic rings. The minimum atomic E-state index is -5.52. The molecule has 0 bridgehead atoms. The Hall–Kier alpha value is -1.53. The zero-order valence-corrected chi connectivity index (χ0v) is 7.60. The summed E-state index contributed by atoms with van der Waals surface area (Å²) in [5, 5.41) is 0. The quantitative estimate of drug-likeness (QED) is 0.522. The van der Waals surface area contributed by atoms with Gasteiger partial charge in [0.05, 0.1) is 5.69 Å². The van der Waals surface area contributed by atoms with Crippen LogP contribution in [-0.2, 0) is 0 Å². The molecule has 0 saturated heterocycles. The second-order valence-electron chi connectivity index (χ2n) is 2.79. The molecule has 16 heavy (non-hydrogen) atoms. The van der Waals surface area contributed by atoms with Crippen molar-refractivity contribution in [3.63, 3.8) is 0 Å². The fraction of sp³-hybridized carbons (Fsp3) is 0.222. The minimum Gasteiger partial charge on any atom is -0.240 e. The molecule has 0 saturated carbocycles. The highest BCUT2D eigenvalue weighted by Crippen LogP contribution is 2.32. The molecule has 0 aliphatic heterocycles. The number of aliphatic imine (C=N–C) groups is 1. The summed E-state index contributed by atoms with van der Waals surface area (Å²) in [6.07, 6.45) is -11.0. The van der Waals surface area contributed by atoms with Gasteiger partial charge in [0.2, 0.25) is 5.71 Å². The van der Waals surface area contributed by atoms with E-state index in [1.165, 1.54) is 18.2 Å². The average molecular weight is 241 g/mol. The van der Waals surface area contributed by atoms with Crippen molar-refractivity contribution in [1.29, 1.82) is 0 Å². The number of alkyl halides is 6. The van der Waals surface area contributed by atoms with Crippen LogP contribution >= 0.6 is 0 Å². The van der Waals surface area contributed by atoms with E-state index in [9.17, 15) is 26.3 Å². The largest absolute Gasteiger partial charge is 0.438 e. The summed E-state index contributed by atoms with van der Waals surface area (Å²) in [4.78, 5) is 2.57. The van der Waals surface area contributed by atoms with Crippen LogP contribution in [0.4, 0.5) is 32.0 Å². The van der Waals surface area contributed by atoms with Crippen LogP contribution in [0.15, 0.2) is 35.3 Å². The Morgan fingerprint density at radius 1 is 0.812 bits per heavy atom. The number of benzene rings is 1. The third-order valence-corrected chi connectivity index (χ3v) is 1.53. The van der Waals surface area contributed by atoms with Crippen LogP contribution in [0.1, 0.15) is 0 Å². The van der Waals surface area contributed by atoms with Crippen LogP contribution in [0.25, 0.3) is 0 Å². The van der Waals surface area contributed by atoms with Crippen molar-refractivity contribution in [3.05, 3.63) is 30.3 Å². The maximum Gasteiger partial charge on any atom is 0.438 e. The van der Waals surface area contributed by atoms with E-state index in [4.69, 9.17) is 0 Å². The highest BCUT2D eigenvalue weighted by molar-refractivity contribution is 5.96. The van der Waals surface area contributed by atoms with Gasteiger partial charge in [0.15, 0.2) is 0 Å². The molecule has 0 atom stereocenters. The topological polar surface area (TPSA) is 12.4 Å². The lowest BCUT2D eigenvalue weighted by atomic mass is 10.3. The van der Waals surface area contributed by atoms with Crippen LogP contribution in [0, 0.1) is 0 Å². The predicted octanol–water partition coefficient (Wildman–Crippen LogP) is 3.88. The molecular weight excluding hydrogens is 236 g/mol. The molecule has 0 radical (unpaired) electrons. The first-order valence-corrected chi connectivity index (χ1v) is 3.99. The number of para-hydroxylation sites is 1. The van der Waals surface area contributed by atoms with E-state index in [1.54, 1.807) is 0 Å². The first kappa shape index (κ1) is 12.5. The average Bonchev–Trinajstić information content (AvgIpc) is 2.12. The monoisotopic (exact) mass is 241 g/mol. The minimum absolute atomic E-state index is 0.396. The number of nitrogens with zero attached hydrogens (tertiary/aromatic N) is 1. The molecule has 1 aromatic carbocycles. The maximum atomic E-state index is 12.1. The Morgan fingerprint density at radius 2 is 1.25 bits per heavy atom. The molecule has 0 amide bonds. The first-order valence-electron chi connectivity index (χ1n) is 3.99. The van der Waals surface area contributed by atoms with Crippen LogP contribution in [0.5, 0.6) is 0 Å². The zero-order valence-electron chi connectivity index (χ0n) is 7.60. The molecule has 0 aliphatic carbocycles. The SMILES string of the molecule is FC(F)(F)C(=Nc1ccccc1)C(F)(F)F. The molecule has 0 spiro atoms. The van der Waals surface area contributed by atoms with Gasteiger partial charge in [-0.3, -0.25) is 0 Å². The fourth-order valence-corrected chi connectivity index (χ4v) is 0.919. The third-order valence-electron chi connectivity index (χ3n) is 1.53. The van der Waals surface area contributed by atoms with Gasteiger partial charge in [0.25, 0.3) is 0 Å². The summed E-state index contributed by atoms with van der Waals surface area (Å²) in [6.45, 7) is 0. The number of rotatable bonds is 1. The molecule has 0 N–H and O–H groups in total. The number of hydrogen-bond acceptors (Lipinski definition) is 1. The summed E-state index contributed by atoms with van der Waals surface area (Å²) in [7, 11) is 0. The summed E-state index contributed by atoms with van der Waals surface area (Å²) in [5.74, 6) is 0. The van der Waals surface area contributed by atoms with E-state index in [-0.39, 0.29) is 0 Å². The van der Waals surface area contributed by atoms with Gasteiger partial charge in [-0.15, -0.1) is 0 Å². The fourth-order valence-electron chi connectivity index (χ4n) is 0.919. The normalized spacial score (nSPS) is 12.4. The predicted molar refractivity (Wildman–Crippen MR) is 45.6 cm³/mol. The molecule has 0 fully saturated rings. The Morgan fingerprint density at radius 3 is 1.62 bits per heavy atom. The van der Waals surface area contributed by atoms with Crippen LogP contribution < -0.4 is 0 Å². The molecule has 0 unspecified atom stereocenters. The Balaban J connectivity index is 3.19. The molecule has 0 heterocycles. The molecular formula is C9H5F6N. The summed E-state index contributed by atoms with van der Waals surface area (Å²) < 4.78 is 72.3. The third kappa shape index (κ3) is 3.25. The van der Waals surface area contributed by atoms with Gasteiger partial charge >= 0.3 is 12.4 Å². The lowest BCUT2D eigenvalue weighted by molar-refractivity contribution is -0.117.